The Morgan fingerprint density at radius 2 is 1.44 bits per heavy atom. The van der Waals surface area contributed by atoms with Gasteiger partial charge in [0.15, 0.2) is 0 Å². The van der Waals surface area contributed by atoms with Gasteiger partial charge in [-0.05, 0) is 17.7 Å². The summed E-state index contributed by atoms with van der Waals surface area (Å²) in [5.74, 6) is 0. The van der Waals surface area contributed by atoms with Crippen LogP contribution in [0, 0.1) is 6.92 Å². The minimum absolute atomic E-state index is 0.727. The van der Waals surface area contributed by atoms with Gasteiger partial charge in [0, 0.05) is 0 Å². The van der Waals surface area contributed by atoms with Crippen LogP contribution in [-0.4, -0.2) is 9.52 Å². The highest BCUT2D eigenvalue weighted by atomic mass is 28.2. The van der Waals surface area contributed by atoms with Crippen LogP contribution >= 0.6 is 0 Å². The van der Waals surface area contributed by atoms with Gasteiger partial charge in [0.1, 0.15) is 9.52 Å². The van der Waals surface area contributed by atoms with Crippen molar-refractivity contribution in [1.29, 1.82) is 0 Å². The predicted molar refractivity (Wildman–Crippen MR) is 80.1 cm³/mol. The Morgan fingerprint density at radius 3 is 2.28 bits per heavy atom. The molecule has 0 saturated carbocycles. The molecule has 0 amide bonds. The van der Waals surface area contributed by atoms with Crippen molar-refractivity contribution in [1.82, 2.24) is 0 Å². The first kappa shape index (κ1) is 11.2. The van der Waals surface area contributed by atoms with E-state index in [0.29, 0.717) is 0 Å². The van der Waals surface area contributed by atoms with Crippen molar-refractivity contribution in [3.63, 3.8) is 0 Å². The smallest absolute Gasteiger partial charge is 0.0628 e. The first-order chi connectivity index (χ1) is 8.83. The second-order valence-electron chi connectivity index (χ2n) is 4.52. The Kier molecular flexibility index (Phi) is 2.99. The Bertz CT molecular complexity index is 663. The summed E-state index contributed by atoms with van der Waals surface area (Å²) in [4.78, 5) is 0. The largest absolute Gasteiger partial charge is 0.122 e. The van der Waals surface area contributed by atoms with E-state index >= 15 is 0 Å². The molecule has 0 unspecified atom stereocenters. The molecule has 1 heteroatoms. The summed E-state index contributed by atoms with van der Waals surface area (Å²) in [6.07, 6.45) is 0. The monoisotopic (exact) mass is 246 g/mol. The summed E-state index contributed by atoms with van der Waals surface area (Å²) >= 11 is 0. The number of rotatable bonds is 2. The highest BCUT2D eigenvalue weighted by molar-refractivity contribution is 6.69. The molecule has 0 aliphatic rings. The number of fused-ring (bicyclic) bond motifs is 1. The summed E-state index contributed by atoms with van der Waals surface area (Å²) in [7, 11) is 0.727. The molecule has 2 radical (unpaired) electrons. The fourth-order valence-electron chi connectivity index (χ4n) is 2.13. The molecular formula is C17H14Si. The lowest BCUT2D eigenvalue weighted by Crippen LogP contribution is -2.27. The van der Waals surface area contributed by atoms with Crippen LogP contribution in [0.5, 0.6) is 0 Å². The fourth-order valence-corrected chi connectivity index (χ4v) is 3.31. The van der Waals surface area contributed by atoms with Crippen LogP contribution in [0.15, 0.2) is 66.7 Å². The minimum Gasteiger partial charge on any atom is -0.0628 e. The van der Waals surface area contributed by atoms with Crippen LogP contribution in [-0.2, 0) is 0 Å². The van der Waals surface area contributed by atoms with Gasteiger partial charge in [0.05, 0.1) is 0 Å². The lowest BCUT2D eigenvalue weighted by atomic mass is 10.1. The van der Waals surface area contributed by atoms with Crippen LogP contribution in [0.2, 0.25) is 0 Å². The molecule has 3 aromatic rings. The maximum absolute atomic E-state index is 2.24. The maximum atomic E-state index is 2.24. The second-order valence-corrected chi connectivity index (χ2v) is 5.88. The SMILES string of the molecule is Cc1ccc([Si]c2cccc3ccccc23)cc1. The molecular weight excluding hydrogens is 232 g/mol. The molecule has 0 bridgehead atoms. The molecule has 0 aliphatic carbocycles. The topological polar surface area (TPSA) is 0 Å². The molecule has 0 N–H and O–H groups in total. The third-order valence-corrected chi connectivity index (χ3v) is 4.45. The summed E-state index contributed by atoms with van der Waals surface area (Å²) in [6.45, 7) is 2.13. The van der Waals surface area contributed by atoms with E-state index in [-0.39, 0.29) is 0 Å². The van der Waals surface area contributed by atoms with Crippen LogP contribution in [0.25, 0.3) is 10.8 Å². The van der Waals surface area contributed by atoms with Crippen molar-refractivity contribution >= 4 is 30.7 Å². The van der Waals surface area contributed by atoms with Crippen LogP contribution in [0.1, 0.15) is 5.56 Å². The zero-order valence-electron chi connectivity index (χ0n) is 10.4. The Hall–Kier alpha value is -1.86. The zero-order valence-corrected chi connectivity index (χ0v) is 11.4. The summed E-state index contributed by atoms with van der Waals surface area (Å²) in [5.41, 5.74) is 1.32. The normalized spacial score (nSPS) is 10.7. The van der Waals surface area contributed by atoms with Gasteiger partial charge < -0.3 is 0 Å². The van der Waals surface area contributed by atoms with E-state index < -0.39 is 0 Å². The van der Waals surface area contributed by atoms with E-state index in [1.807, 2.05) is 0 Å². The molecule has 3 rings (SSSR count). The Balaban J connectivity index is 2.02. The van der Waals surface area contributed by atoms with Crippen molar-refractivity contribution in [2.75, 3.05) is 0 Å². The van der Waals surface area contributed by atoms with E-state index in [1.165, 1.54) is 26.7 Å². The molecule has 86 valence electrons. The maximum Gasteiger partial charge on any atom is 0.122 e. The highest BCUT2D eigenvalue weighted by Crippen LogP contribution is 2.10. The van der Waals surface area contributed by atoms with Crippen molar-refractivity contribution in [3.05, 3.63) is 72.3 Å². The molecule has 0 aromatic heterocycles. The van der Waals surface area contributed by atoms with E-state index in [1.54, 1.807) is 0 Å². The van der Waals surface area contributed by atoms with Gasteiger partial charge in [-0.2, -0.15) is 0 Å². The standard InChI is InChI=1S/C17H14Si/c1-13-9-11-15(12-10-13)18-17-8-4-6-14-5-2-3-7-16(14)17/h2-12H,1H3. The third-order valence-electron chi connectivity index (χ3n) is 3.12. The number of hydrogen-bond donors (Lipinski definition) is 0. The molecule has 0 fully saturated rings. The van der Waals surface area contributed by atoms with Gasteiger partial charge in [-0.3, -0.25) is 0 Å². The summed E-state index contributed by atoms with van der Waals surface area (Å²) in [6, 6.07) is 24.0. The average molecular weight is 246 g/mol. The molecule has 0 spiro atoms. The zero-order chi connectivity index (χ0) is 12.4. The number of benzene rings is 3. The Labute approximate surface area is 110 Å². The third kappa shape index (κ3) is 2.22. The second kappa shape index (κ2) is 4.79. The Morgan fingerprint density at radius 1 is 0.722 bits per heavy atom. The fraction of sp³-hybridized carbons (Fsp3) is 0.0588. The van der Waals surface area contributed by atoms with Gasteiger partial charge in [-0.1, -0.05) is 82.7 Å². The molecule has 0 aliphatic heterocycles. The minimum atomic E-state index is 0.727. The van der Waals surface area contributed by atoms with Crippen LogP contribution in [0.4, 0.5) is 0 Å². The average Bonchev–Trinajstić information content (AvgIpc) is 2.42. The van der Waals surface area contributed by atoms with Crippen molar-refractivity contribution in [3.8, 4) is 0 Å². The van der Waals surface area contributed by atoms with Crippen LogP contribution in [0.3, 0.4) is 0 Å². The molecule has 3 aromatic carbocycles. The number of aryl methyl sites for hydroxylation is 1. The van der Waals surface area contributed by atoms with Gasteiger partial charge >= 0.3 is 0 Å². The molecule has 0 heterocycles. The van der Waals surface area contributed by atoms with E-state index in [4.69, 9.17) is 0 Å². The van der Waals surface area contributed by atoms with Crippen molar-refractivity contribution in [2.45, 2.75) is 6.92 Å². The summed E-state index contributed by atoms with van der Waals surface area (Å²) in [5, 5.41) is 5.53. The van der Waals surface area contributed by atoms with E-state index in [9.17, 15) is 0 Å². The molecule has 0 atom stereocenters. The lowest BCUT2D eigenvalue weighted by molar-refractivity contribution is 1.49. The van der Waals surface area contributed by atoms with Crippen LogP contribution < -0.4 is 10.4 Å². The van der Waals surface area contributed by atoms with E-state index in [0.717, 1.165) is 9.52 Å². The quantitative estimate of drug-likeness (QED) is 0.610. The summed E-state index contributed by atoms with van der Waals surface area (Å²) < 4.78 is 0. The highest BCUT2D eigenvalue weighted by Gasteiger charge is 2.02. The molecule has 0 nitrogen and oxygen atoms in total. The predicted octanol–water partition coefficient (Wildman–Crippen LogP) is 2.80. The van der Waals surface area contributed by atoms with Crippen molar-refractivity contribution < 1.29 is 0 Å². The van der Waals surface area contributed by atoms with Gasteiger partial charge in [0.25, 0.3) is 0 Å². The molecule has 18 heavy (non-hydrogen) atoms. The first-order valence-electron chi connectivity index (χ1n) is 6.14. The van der Waals surface area contributed by atoms with E-state index in [2.05, 4.69) is 73.7 Å². The van der Waals surface area contributed by atoms with Gasteiger partial charge in [0.2, 0.25) is 0 Å². The van der Waals surface area contributed by atoms with Gasteiger partial charge in [-0.25, -0.2) is 0 Å². The first-order valence-corrected chi connectivity index (χ1v) is 7.14. The lowest BCUT2D eigenvalue weighted by Gasteiger charge is -2.06. The number of hydrogen-bond acceptors (Lipinski definition) is 0. The molecule has 0 saturated heterocycles. The van der Waals surface area contributed by atoms with Gasteiger partial charge in [-0.15, -0.1) is 0 Å². The van der Waals surface area contributed by atoms with Crippen molar-refractivity contribution in [2.24, 2.45) is 0 Å².